The van der Waals surface area contributed by atoms with Gasteiger partial charge in [0.2, 0.25) is 0 Å². The van der Waals surface area contributed by atoms with Gasteiger partial charge in [-0.25, -0.2) is 4.79 Å². The zero-order valence-corrected chi connectivity index (χ0v) is 18.2. The molecule has 1 amide bonds. The summed E-state index contributed by atoms with van der Waals surface area (Å²) in [5, 5.41) is 2.37. The number of nitrogens with one attached hydrogen (secondary N) is 1. The Hall–Kier alpha value is -3.96. The molecule has 1 N–H and O–H groups in total. The van der Waals surface area contributed by atoms with Crippen LogP contribution < -0.4 is 5.32 Å². The van der Waals surface area contributed by atoms with E-state index in [0.29, 0.717) is 17.7 Å². The van der Waals surface area contributed by atoms with Gasteiger partial charge in [0.05, 0.1) is 41.2 Å². The molecule has 1 aromatic heterocycles. The van der Waals surface area contributed by atoms with Crippen LogP contribution in [0, 0.1) is 0 Å². The van der Waals surface area contributed by atoms with Gasteiger partial charge in [0.25, 0.3) is 5.91 Å². The van der Waals surface area contributed by atoms with E-state index in [1.807, 2.05) is 0 Å². The Morgan fingerprint density at radius 1 is 0.857 bits per heavy atom. The first-order valence-electron chi connectivity index (χ1n) is 9.91. The van der Waals surface area contributed by atoms with Crippen LogP contribution in [0.2, 0.25) is 0 Å². The van der Waals surface area contributed by atoms with Crippen molar-refractivity contribution in [1.29, 1.82) is 0 Å². The molecule has 0 aliphatic carbocycles. The number of methoxy groups -OCH3 is 1. The highest BCUT2D eigenvalue weighted by atomic mass is 19.4. The first-order chi connectivity index (χ1) is 16.3. The molecular weight excluding hydrogens is 480 g/mol. The Bertz CT molecular complexity index is 1210. The summed E-state index contributed by atoms with van der Waals surface area (Å²) in [7, 11) is 1.23. The smallest absolute Gasteiger partial charge is 0.416 e. The number of hydrogen-bond acceptors (Lipinski definition) is 5. The third kappa shape index (κ3) is 5.94. The van der Waals surface area contributed by atoms with Crippen molar-refractivity contribution in [2.45, 2.75) is 25.3 Å². The summed E-state index contributed by atoms with van der Waals surface area (Å²) in [6.07, 6.45) is -7.49. The molecule has 1 unspecified atom stereocenters. The number of halogens is 6. The Balaban J connectivity index is 1.92. The summed E-state index contributed by atoms with van der Waals surface area (Å²) >= 11 is 0. The number of amides is 1. The van der Waals surface area contributed by atoms with Crippen LogP contribution in [0.3, 0.4) is 0 Å². The maximum atomic E-state index is 13.1. The molecule has 0 bridgehead atoms. The van der Waals surface area contributed by atoms with Gasteiger partial charge in [0.15, 0.2) is 0 Å². The van der Waals surface area contributed by atoms with Crippen molar-refractivity contribution >= 4 is 11.9 Å². The van der Waals surface area contributed by atoms with Gasteiger partial charge in [-0.15, -0.1) is 0 Å². The van der Waals surface area contributed by atoms with E-state index in [4.69, 9.17) is 0 Å². The number of carbonyl (C=O) groups is 2. The van der Waals surface area contributed by atoms with Gasteiger partial charge in [-0.3, -0.25) is 14.8 Å². The van der Waals surface area contributed by atoms with E-state index < -0.39 is 47.0 Å². The van der Waals surface area contributed by atoms with Crippen molar-refractivity contribution in [3.63, 3.8) is 0 Å². The highest BCUT2D eigenvalue weighted by Crippen LogP contribution is 2.36. The molecule has 6 nitrogen and oxygen atoms in total. The SMILES string of the molecule is COC(=O)c1ccc(-c2nccnc2C(C)NC(=O)c2cc(C(F)(F)F)cc(C(F)(F)F)c2)cc1. The molecule has 3 rings (SSSR count). The van der Waals surface area contributed by atoms with Crippen molar-refractivity contribution < 1.29 is 40.7 Å². The molecule has 0 radical (unpaired) electrons. The first-order valence-corrected chi connectivity index (χ1v) is 9.91. The topological polar surface area (TPSA) is 81.2 Å². The summed E-state index contributed by atoms with van der Waals surface area (Å²) in [5.41, 5.74) is -2.75. The zero-order chi connectivity index (χ0) is 26.0. The largest absolute Gasteiger partial charge is 0.465 e. The second kappa shape index (κ2) is 9.72. The van der Waals surface area contributed by atoms with E-state index in [0.717, 1.165) is 0 Å². The predicted molar refractivity (Wildman–Crippen MR) is 111 cm³/mol. The Morgan fingerprint density at radius 3 is 1.91 bits per heavy atom. The number of hydrogen-bond donors (Lipinski definition) is 1. The normalized spacial score (nSPS) is 12.7. The number of ether oxygens (including phenoxy) is 1. The molecule has 12 heteroatoms. The number of aromatic nitrogens is 2. The van der Waals surface area contributed by atoms with Gasteiger partial charge < -0.3 is 10.1 Å². The maximum Gasteiger partial charge on any atom is 0.416 e. The fraction of sp³-hybridized carbons (Fsp3) is 0.217. The second-order valence-electron chi connectivity index (χ2n) is 7.35. The molecule has 0 fully saturated rings. The Kier molecular flexibility index (Phi) is 7.13. The van der Waals surface area contributed by atoms with E-state index in [-0.39, 0.29) is 23.0 Å². The Labute approximate surface area is 195 Å². The fourth-order valence-electron chi connectivity index (χ4n) is 3.20. The summed E-state index contributed by atoms with van der Waals surface area (Å²) in [6.45, 7) is 1.45. The van der Waals surface area contributed by atoms with Gasteiger partial charge in [0, 0.05) is 23.5 Å². The lowest BCUT2D eigenvalue weighted by atomic mass is 10.0. The van der Waals surface area contributed by atoms with E-state index in [9.17, 15) is 35.9 Å². The summed E-state index contributed by atoms with van der Waals surface area (Å²) in [6, 6.07) is 5.75. The van der Waals surface area contributed by atoms with Crippen molar-refractivity contribution in [1.82, 2.24) is 15.3 Å². The number of carbonyl (C=O) groups excluding carboxylic acids is 2. The van der Waals surface area contributed by atoms with Gasteiger partial charge in [-0.1, -0.05) is 12.1 Å². The lowest BCUT2D eigenvalue weighted by Gasteiger charge is -2.18. The summed E-state index contributed by atoms with van der Waals surface area (Å²) in [4.78, 5) is 32.6. The van der Waals surface area contributed by atoms with E-state index in [1.54, 1.807) is 12.1 Å². The number of benzene rings is 2. The molecule has 2 aromatic carbocycles. The van der Waals surface area contributed by atoms with Crippen LogP contribution in [0.1, 0.15) is 50.5 Å². The molecule has 184 valence electrons. The second-order valence-corrected chi connectivity index (χ2v) is 7.35. The quantitative estimate of drug-likeness (QED) is 0.374. The fourth-order valence-corrected chi connectivity index (χ4v) is 3.20. The van der Waals surface area contributed by atoms with Crippen molar-refractivity contribution in [3.05, 3.63) is 82.8 Å². The Morgan fingerprint density at radius 2 is 1.40 bits per heavy atom. The summed E-state index contributed by atoms with van der Waals surface area (Å²) in [5.74, 6) is -1.72. The third-order valence-electron chi connectivity index (χ3n) is 4.91. The average Bonchev–Trinajstić information content (AvgIpc) is 2.82. The highest BCUT2D eigenvalue weighted by molar-refractivity contribution is 5.95. The number of nitrogens with zero attached hydrogens (tertiary/aromatic N) is 2. The van der Waals surface area contributed by atoms with Gasteiger partial charge >= 0.3 is 18.3 Å². The average molecular weight is 497 g/mol. The maximum absolute atomic E-state index is 13.1. The minimum absolute atomic E-state index is 0.0566. The van der Waals surface area contributed by atoms with Gasteiger partial charge in [-0.2, -0.15) is 26.3 Å². The molecule has 0 aliphatic rings. The van der Waals surface area contributed by atoms with E-state index in [1.165, 1.54) is 38.6 Å². The highest BCUT2D eigenvalue weighted by Gasteiger charge is 2.37. The van der Waals surface area contributed by atoms with Gasteiger partial charge in [0.1, 0.15) is 0 Å². The molecule has 35 heavy (non-hydrogen) atoms. The molecule has 1 atom stereocenters. The first kappa shape index (κ1) is 25.7. The molecule has 3 aromatic rings. The van der Waals surface area contributed by atoms with Crippen LogP contribution in [-0.2, 0) is 17.1 Å². The minimum Gasteiger partial charge on any atom is -0.465 e. The van der Waals surface area contributed by atoms with E-state index >= 15 is 0 Å². The molecule has 0 aliphatic heterocycles. The lowest BCUT2D eigenvalue weighted by Crippen LogP contribution is -2.28. The number of rotatable bonds is 5. The van der Waals surface area contributed by atoms with Crippen LogP contribution in [0.4, 0.5) is 26.3 Å². The summed E-state index contributed by atoms with van der Waals surface area (Å²) < 4.78 is 83.4. The van der Waals surface area contributed by atoms with E-state index in [2.05, 4.69) is 20.0 Å². The van der Waals surface area contributed by atoms with Gasteiger partial charge in [-0.05, 0) is 37.3 Å². The third-order valence-corrected chi connectivity index (χ3v) is 4.91. The van der Waals surface area contributed by atoms with Crippen LogP contribution in [-0.4, -0.2) is 29.0 Å². The monoisotopic (exact) mass is 497 g/mol. The molecule has 1 heterocycles. The molecular formula is C23H17F6N3O3. The van der Waals surface area contributed by atoms with Crippen LogP contribution in [0.15, 0.2) is 54.9 Å². The van der Waals surface area contributed by atoms with Crippen LogP contribution in [0.5, 0.6) is 0 Å². The van der Waals surface area contributed by atoms with Crippen LogP contribution in [0.25, 0.3) is 11.3 Å². The lowest BCUT2D eigenvalue weighted by molar-refractivity contribution is -0.143. The standard InChI is InChI=1S/C23H17F6N3O3/c1-12(18-19(31-8-7-30-18)13-3-5-14(6-4-13)21(34)35-2)32-20(33)15-9-16(22(24,25)26)11-17(10-15)23(27,28)29/h3-12H,1-2H3,(H,32,33). The van der Waals surface area contributed by atoms with Crippen molar-refractivity contribution in [2.75, 3.05) is 7.11 Å². The molecule has 0 saturated heterocycles. The molecule has 0 spiro atoms. The number of alkyl halides is 6. The van der Waals surface area contributed by atoms with Crippen LogP contribution >= 0.6 is 0 Å². The van der Waals surface area contributed by atoms with Crippen molar-refractivity contribution in [2.24, 2.45) is 0 Å². The van der Waals surface area contributed by atoms with Crippen molar-refractivity contribution in [3.8, 4) is 11.3 Å². The minimum atomic E-state index is -5.09. The predicted octanol–water partition coefficient (Wildman–Crippen LogP) is 5.46. The zero-order valence-electron chi connectivity index (χ0n) is 18.2. The number of esters is 1. The molecule has 0 saturated carbocycles.